The second-order valence-corrected chi connectivity index (χ2v) is 6.80. The first-order valence-electron chi connectivity index (χ1n) is 9.28. The highest BCUT2D eigenvalue weighted by atomic mass is 16.5. The highest BCUT2D eigenvalue weighted by Gasteiger charge is 2.19. The molecule has 0 radical (unpaired) electrons. The maximum Gasteiger partial charge on any atom is 0.261 e. The first-order chi connectivity index (χ1) is 12.2. The zero-order chi connectivity index (χ0) is 17.6. The monoisotopic (exact) mass is 337 g/mol. The van der Waals surface area contributed by atoms with Crippen molar-refractivity contribution in [3.8, 4) is 5.75 Å². The summed E-state index contributed by atoms with van der Waals surface area (Å²) in [6.45, 7) is 4.58. The Morgan fingerprint density at radius 3 is 2.64 bits per heavy atom. The van der Waals surface area contributed by atoms with E-state index in [4.69, 9.17) is 4.74 Å². The molecule has 2 aromatic rings. The average molecular weight is 337 g/mol. The van der Waals surface area contributed by atoms with Crippen LogP contribution in [0.4, 0.5) is 0 Å². The van der Waals surface area contributed by atoms with Crippen molar-refractivity contribution in [3.05, 3.63) is 64.7 Å². The summed E-state index contributed by atoms with van der Waals surface area (Å²) in [4.78, 5) is 12.5. The lowest BCUT2D eigenvalue weighted by atomic mass is 9.92. The lowest BCUT2D eigenvalue weighted by Crippen LogP contribution is -2.37. The van der Waals surface area contributed by atoms with Crippen molar-refractivity contribution >= 4 is 5.91 Å². The summed E-state index contributed by atoms with van der Waals surface area (Å²) in [5, 5.41) is 3.01. The van der Waals surface area contributed by atoms with Crippen LogP contribution < -0.4 is 10.1 Å². The minimum Gasteiger partial charge on any atom is -0.481 e. The van der Waals surface area contributed by atoms with Gasteiger partial charge >= 0.3 is 0 Å². The van der Waals surface area contributed by atoms with Gasteiger partial charge in [-0.15, -0.1) is 0 Å². The molecule has 1 aliphatic rings. The van der Waals surface area contributed by atoms with E-state index in [1.54, 1.807) is 0 Å². The van der Waals surface area contributed by atoms with Gasteiger partial charge in [0.1, 0.15) is 5.75 Å². The molecule has 0 aliphatic heterocycles. The molecule has 1 N–H and O–H groups in total. The van der Waals surface area contributed by atoms with Gasteiger partial charge in [-0.3, -0.25) is 4.79 Å². The zero-order valence-corrected chi connectivity index (χ0v) is 15.2. The molecule has 0 aromatic heterocycles. The first-order valence-corrected chi connectivity index (χ1v) is 9.28. The van der Waals surface area contributed by atoms with Crippen LogP contribution in [0.1, 0.15) is 48.4 Å². The van der Waals surface area contributed by atoms with E-state index in [9.17, 15) is 4.79 Å². The van der Waals surface area contributed by atoms with Crippen LogP contribution in [0.3, 0.4) is 0 Å². The third kappa shape index (κ3) is 4.41. The van der Waals surface area contributed by atoms with Crippen LogP contribution >= 0.6 is 0 Å². The number of carbonyl (C=O) groups is 1. The quantitative estimate of drug-likeness (QED) is 0.851. The first kappa shape index (κ1) is 17.5. The molecule has 3 rings (SSSR count). The number of fused-ring (bicyclic) bond motifs is 1. The molecule has 3 nitrogen and oxygen atoms in total. The molecule has 0 bridgehead atoms. The number of rotatable bonds is 6. The highest BCUT2D eigenvalue weighted by Crippen LogP contribution is 2.26. The topological polar surface area (TPSA) is 38.3 Å². The summed E-state index contributed by atoms with van der Waals surface area (Å²) in [6, 6.07) is 14.4. The van der Waals surface area contributed by atoms with Crippen LogP contribution in [-0.4, -0.2) is 12.0 Å². The van der Waals surface area contributed by atoms with Gasteiger partial charge < -0.3 is 10.1 Å². The molecule has 0 saturated heterocycles. The molecule has 0 saturated carbocycles. The Labute approximate surface area is 150 Å². The average Bonchev–Trinajstić information content (AvgIpc) is 2.65. The Morgan fingerprint density at radius 2 is 1.88 bits per heavy atom. The SMILES string of the molecule is CCC(Oc1ccc2c(c1)CCCC2)C(=O)NCc1ccccc1C. The fraction of sp³-hybridized carbons (Fsp3) is 0.409. The predicted molar refractivity (Wildman–Crippen MR) is 101 cm³/mol. The molecule has 0 spiro atoms. The van der Waals surface area contributed by atoms with Crippen LogP contribution in [-0.2, 0) is 24.2 Å². The van der Waals surface area contributed by atoms with E-state index in [2.05, 4.69) is 30.4 Å². The number of ether oxygens (including phenoxy) is 1. The van der Waals surface area contributed by atoms with Crippen molar-refractivity contribution in [2.24, 2.45) is 0 Å². The van der Waals surface area contributed by atoms with Crippen LogP contribution in [0.2, 0.25) is 0 Å². The summed E-state index contributed by atoms with van der Waals surface area (Å²) >= 11 is 0. The lowest BCUT2D eigenvalue weighted by molar-refractivity contribution is -0.128. The summed E-state index contributed by atoms with van der Waals surface area (Å²) in [5.74, 6) is 0.752. The van der Waals surface area contributed by atoms with Crippen molar-refractivity contribution < 1.29 is 9.53 Å². The third-order valence-corrected chi connectivity index (χ3v) is 4.98. The van der Waals surface area contributed by atoms with Gasteiger partial charge in [0.25, 0.3) is 5.91 Å². The molecule has 0 heterocycles. The van der Waals surface area contributed by atoms with Gasteiger partial charge in [0, 0.05) is 6.54 Å². The van der Waals surface area contributed by atoms with Gasteiger partial charge in [-0.2, -0.15) is 0 Å². The molecule has 1 atom stereocenters. The van der Waals surface area contributed by atoms with Gasteiger partial charge in [-0.25, -0.2) is 0 Å². The normalized spacial score (nSPS) is 14.5. The molecule has 0 fully saturated rings. The van der Waals surface area contributed by atoms with Crippen LogP contribution in [0.25, 0.3) is 0 Å². The molecular weight excluding hydrogens is 310 g/mol. The number of nitrogens with one attached hydrogen (secondary N) is 1. The van der Waals surface area contributed by atoms with Crippen molar-refractivity contribution in [2.75, 3.05) is 0 Å². The number of hydrogen-bond acceptors (Lipinski definition) is 2. The number of amides is 1. The summed E-state index contributed by atoms with van der Waals surface area (Å²) < 4.78 is 6.00. The molecular formula is C22H27NO2. The fourth-order valence-electron chi connectivity index (χ4n) is 3.37. The van der Waals surface area contributed by atoms with Gasteiger partial charge in [0.2, 0.25) is 0 Å². The van der Waals surface area contributed by atoms with Gasteiger partial charge in [0.05, 0.1) is 0 Å². The van der Waals surface area contributed by atoms with Gasteiger partial charge in [-0.1, -0.05) is 37.3 Å². The van der Waals surface area contributed by atoms with E-state index in [0.29, 0.717) is 13.0 Å². The Kier molecular flexibility index (Phi) is 5.75. The predicted octanol–water partition coefficient (Wildman–Crippen LogP) is 4.35. The van der Waals surface area contributed by atoms with Gasteiger partial charge in [-0.05, 0) is 73.4 Å². The molecule has 2 aromatic carbocycles. The van der Waals surface area contributed by atoms with Crippen molar-refractivity contribution in [1.29, 1.82) is 0 Å². The lowest BCUT2D eigenvalue weighted by Gasteiger charge is -2.20. The molecule has 1 unspecified atom stereocenters. The Hall–Kier alpha value is -2.29. The number of carbonyl (C=O) groups excluding carboxylic acids is 1. The summed E-state index contributed by atoms with van der Waals surface area (Å²) in [6.07, 6.45) is 4.98. The van der Waals surface area contributed by atoms with E-state index in [0.717, 1.165) is 24.2 Å². The molecule has 25 heavy (non-hydrogen) atoms. The minimum atomic E-state index is -0.453. The third-order valence-electron chi connectivity index (χ3n) is 4.98. The van der Waals surface area contributed by atoms with Gasteiger partial charge in [0.15, 0.2) is 6.10 Å². The second-order valence-electron chi connectivity index (χ2n) is 6.80. The molecule has 3 heteroatoms. The smallest absolute Gasteiger partial charge is 0.261 e. The van der Waals surface area contributed by atoms with E-state index < -0.39 is 6.10 Å². The molecule has 1 aliphatic carbocycles. The van der Waals surface area contributed by atoms with Crippen LogP contribution in [0, 0.1) is 6.92 Å². The maximum atomic E-state index is 12.5. The Morgan fingerprint density at radius 1 is 1.12 bits per heavy atom. The Bertz CT molecular complexity index is 739. The molecule has 132 valence electrons. The Balaban J connectivity index is 1.62. The van der Waals surface area contributed by atoms with E-state index in [1.165, 1.54) is 29.5 Å². The summed E-state index contributed by atoms with van der Waals surface area (Å²) in [5.41, 5.74) is 5.13. The van der Waals surface area contributed by atoms with Crippen molar-refractivity contribution in [1.82, 2.24) is 5.32 Å². The van der Waals surface area contributed by atoms with E-state index in [1.807, 2.05) is 31.2 Å². The zero-order valence-electron chi connectivity index (χ0n) is 15.2. The number of aryl methyl sites for hydroxylation is 3. The highest BCUT2D eigenvalue weighted by molar-refractivity contribution is 5.81. The van der Waals surface area contributed by atoms with Crippen LogP contribution in [0.5, 0.6) is 5.75 Å². The van der Waals surface area contributed by atoms with Crippen LogP contribution in [0.15, 0.2) is 42.5 Å². The minimum absolute atomic E-state index is 0.0523. The fourth-order valence-corrected chi connectivity index (χ4v) is 3.37. The van der Waals surface area contributed by atoms with E-state index in [-0.39, 0.29) is 5.91 Å². The van der Waals surface area contributed by atoms with Crippen molar-refractivity contribution in [2.45, 2.75) is 58.6 Å². The number of benzene rings is 2. The van der Waals surface area contributed by atoms with Crippen molar-refractivity contribution in [3.63, 3.8) is 0 Å². The molecule has 1 amide bonds. The maximum absolute atomic E-state index is 12.5. The largest absolute Gasteiger partial charge is 0.481 e. The second kappa shape index (κ2) is 8.19. The number of hydrogen-bond donors (Lipinski definition) is 1. The summed E-state index contributed by atoms with van der Waals surface area (Å²) in [7, 11) is 0. The van der Waals surface area contributed by atoms with E-state index >= 15 is 0 Å². The standard InChI is InChI=1S/C22H27NO2/c1-3-21(22(24)23-15-19-11-5-4-8-16(19)2)25-20-13-12-17-9-6-7-10-18(17)14-20/h4-5,8,11-14,21H,3,6-7,9-10,15H2,1-2H3,(H,23,24).